The summed E-state index contributed by atoms with van der Waals surface area (Å²) in [6.07, 6.45) is 1.19. The maximum absolute atomic E-state index is 10.8. The minimum atomic E-state index is -0.972. The Morgan fingerprint density at radius 1 is 1.35 bits per heavy atom. The van der Waals surface area contributed by atoms with E-state index in [0.717, 1.165) is 24.3 Å². The molecule has 0 aliphatic heterocycles. The average molecular weight is 317 g/mol. The normalized spacial score (nSPS) is 12.4. The summed E-state index contributed by atoms with van der Waals surface area (Å²) in [5.41, 5.74) is 3.40. The molecule has 0 radical (unpaired) electrons. The molecule has 2 rings (SSSR count). The molecule has 23 heavy (non-hydrogen) atoms. The first-order valence-corrected chi connectivity index (χ1v) is 7.51. The number of carbonyl (C=O) groups is 1. The number of carboxylic acids is 1. The highest BCUT2D eigenvalue weighted by atomic mass is 16.5. The van der Waals surface area contributed by atoms with Gasteiger partial charge in [-0.2, -0.15) is 5.10 Å². The van der Waals surface area contributed by atoms with Crippen LogP contribution >= 0.6 is 0 Å². The van der Waals surface area contributed by atoms with E-state index in [1.54, 1.807) is 12.1 Å². The number of hydrogen-bond donors (Lipinski definition) is 1. The zero-order valence-corrected chi connectivity index (χ0v) is 14.0. The Balaban J connectivity index is 1.92. The van der Waals surface area contributed by atoms with Gasteiger partial charge in [-0.05, 0) is 38.6 Å². The van der Waals surface area contributed by atoms with Crippen LogP contribution in [0.2, 0.25) is 0 Å². The third kappa shape index (κ3) is 4.82. The van der Waals surface area contributed by atoms with Crippen molar-refractivity contribution >= 4 is 5.97 Å². The van der Waals surface area contributed by atoms with Gasteiger partial charge in [-0.15, -0.1) is 0 Å². The Labute approximate surface area is 136 Å². The van der Waals surface area contributed by atoms with Crippen LogP contribution in [0.15, 0.2) is 30.5 Å². The molecule has 0 amide bonds. The molecule has 0 aliphatic carbocycles. The minimum Gasteiger partial charge on any atom is -0.479 e. The summed E-state index contributed by atoms with van der Waals surface area (Å²) in [4.78, 5) is 13.0. The number of aryl methyl sites for hydroxylation is 2. The Hall–Kier alpha value is -2.34. The van der Waals surface area contributed by atoms with Crippen LogP contribution in [0, 0.1) is 6.92 Å². The fraction of sp³-hybridized carbons (Fsp3) is 0.412. The Morgan fingerprint density at radius 3 is 2.52 bits per heavy atom. The van der Waals surface area contributed by atoms with Gasteiger partial charge in [-0.25, -0.2) is 4.79 Å². The molecule has 1 atom stereocenters. The summed E-state index contributed by atoms with van der Waals surface area (Å²) in [6, 6.07) is 7.52. The number of aliphatic carboxylic acids is 1. The second-order valence-corrected chi connectivity index (χ2v) is 5.83. The highest BCUT2D eigenvalue weighted by Gasteiger charge is 2.12. The van der Waals surface area contributed by atoms with Crippen molar-refractivity contribution in [2.75, 3.05) is 7.05 Å². The van der Waals surface area contributed by atoms with E-state index in [2.05, 4.69) is 17.0 Å². The van der Waals surface area contributed by atoms with Gasteiger partial charge in [0.05, 0.1) is 5.69 Å². The molecule has 6 heteroatoms. The molecule has 2 aromatic rings. The van der Waals surface area contributed by atoms with Gasteiger partial charge >= 0.3 is 5.97 Å². The molecular formula is C17H23N3O3. The Morgan fingerprint density at radius 2 is 2.00 bits per heavy atom. The number of ether oxygens (including phenoxy) is 1. The van der Waals surface area contributed by atoms with Gasteiger partial charge in [0.1, 0.15) is 5.75 Å². The van der Waals surface area contributed by atoms with Crippen molar-refractivity contribution in [3.63, 3.8) is 0 Å². The summed E-state index contributed by atoms with van der Waals surface area (Å²) in [5.74, 6) is -0.407. The molecule has 1 aromatic heterocycles. The third-order valence-electron chi connectivity index (χ3n) is 3.59. The third-order valence-corrected chi connectivity index (χ3v) is 3.59. The lowest BCUT2D eigenvalue weighted by Gasteiger charge is -2.17. The van der Waals surface area contributed by atoms with Crippen LogP contribution < -0.4 is 4.74 Å². The van der Waals surface area contributed by atoms with Gasteiger partial charge in [-0.1, -0.05) is 12.1 Å². The van der Waals surface area contributed by atoms with Crippen molar-refractivity contribution in [1.29, 1.82) is 0 Å². The smallest absolute Gasteiger partial charge is 0.344 e. The van der Waals surface area contributed by atoms with Crippen molar-refractivity contribution in [2.24, 2.45) is 7.05 Å². The molecule has 0 unspecified atom stereocenters. The molecule has 1 N–H and O–H groups in total. The zero-order valence-electron chi connectivity index (χ0n) is 14.0. The van der Waals surface area contributed by atoms with Crippen LogP contribution in [-0.4, -0.2) is 38.9 Å². The van der Waals surface area contributed by atoms with E-state index in [1.165, 1.54) is 12.5 Å². The fourth-order valence-electron chi connectivity index (χ4n) is 2.39. The molecule has 6 nitrogen and oxygen atoms in total. The Bertz CT molecular complexity index is 664. The first-order chi connectivity index (χ1) is 10.8. The van der Waals surface area contributed by atoms with Crippen molar-refractivity contribution < 1.29 is 14.6 Å². The van der Waals surface area contributed by atoms with Crippen LogP contribution in [0.5, 0.6) is 5.75 Å². The highest BCUT2D eigenvalue weighted by Crippen LogP contribution is 2.16. The molecule has 0 saturated carbocycles. The maximum atomic E-state index is 10.8. The lowest BCUT2D eigenvalue weighted by molar-refractivity contribution is -0.144. The van der Waals surface area contributed by atoms with Gasteiger partial charge < -0.3 is 9.84 Å². The number of carboxylic acid groups (broad SMARTS) is 1. The summed E-state index contributed by atoms with van der Waals surface area (Å²) < 4.78 is 7.15. The van der Waals surface area contributed by atoms with E-state index in [9.17, 15) is 4.79 Å². The standard InChI is InChI=1S/C17H23N3O3/c1-12-15(11-20(4)18-12)10-19(3)9-14-5-7-16(8-6-14)23-13(2)17(21)22/h5-8,11,13H,9-10H2,1-4H3,(H,21,22)/t13-/m0/s1. The van der Waals surface area contributed by atoms with E-state index in [1.807, 2.05) is 37.0 Å². The van der Waals surface area contributed by atoms with Crippen molar-refractivity contribution in [2.45, 2.75) is 33.0 Å². The lowest BCUT2D eigenvalue weighted by atomic mass is 10.2. The number of rotatable bonds is 7. The van der Waals surface area contributed by atoms with E-state index in [-0.39, 0.29) is 0 Å². The molecule has 124 valence electrons. The predicted molar refractivity (Wildman–Crippen MR) is 87.3 cm³/mol. The summed E-state index contributed by atoms with van der Waals surface area (Å²) in [5, 5.41) is 13.2. The Kier molecular flexibility index (Phi) is 5.39. The number of nitrogens with zero attached hydrogens (tertiary/aromatic N) is 3. The SMILES string of the molecule is Cc1nn(C)cc1CN(C)Cc1ccc(O[C@@H](C)C(=O)O)cc1. The van der Waals surface area contributed by atoms with Gasteiger partial charge in [0, 0.05) is 31.9 Å². The van der Waals surface area contributed by atoms with Crippen LogP contribution in [0.3, 0.4) is 0 Å². The number of benzene rings is 1. The molecule has 0 bridgehead atoms. The first kappa shape index (κ1) is 17.0. The molecule has 0 saturated heterocycles. The van der Waals surface area contributed by atoms with Crippen LogP contribution in [-0.2, 0) is 24.9 Å². The van der Waals surface area contributed by atoms with Crippen molar-refractivity contribution in [3.8, 4) is 5.75 Å². The lowest BCUT2D eigenvalue weighted by Crippen LogP contribution is -2.22. The summed E-state index contributed by atoms with van der Waals surface area (Å²) in [7, 11) is 3.98. The second-order valence-electron chi connectivity index (χ2n) is 5.83. The second kappa shape index (κ2) is 7.28. The van der Waals surface area contributed by atoms with E-state index in [0.29, 0.717) is 5.75 Å². The number of hydrogen-bond acceptors (Lipinski definition) is 4. The fourth-order valence-corrected chi connectivity index (χ4v) is 2.39. The van der Waals surface area contributed by atoms with Crippen LogP contribution in [0.1, 0.15) is 23.7 Å². The van der Waals surface area contributed by atoms with Crippen LogP contribution in [0.25, 0.3) is 0 Å². The molecular weight excluding hydrogens is 294 g/mol. The summed E-state index contributed by atoms with van der Waals surface area (Å²) in [6.45, 7) is 5.15. The predicted octanol–water partition coefficient (Wildman–Crippen LogP) is 2.21. The van der Waals surface area contributed by atoms with E-state index < -0.39 is 12.1 Å². The van der Waals surface area contributed by atoms with Gasteiger partial charge in [0.25, 0.3) is 0 Å². The quantitative estimate of drug-likeness (QED) is 0.848. The van der Waals surface area contributed by atoms with Crippen molar-refractivity contribution in [3.05, 3.63) is 47.3 Å². The molecule has 0 aliphatic rings. The highest BCUT2D eigenvalue weighted by molar-refractivity contribution is 5.72. The van der Waals surface area contributed by atoms with Gasteiger partial charge in [0.2, 0.25) is 0 Å². The summed E-state index contributed by atoms with van der Waals surface area (Å²) >= 11 is 0. The minimum absolute atomic E-state index is 0.564. The largest absolute Gasteiger partial charge is 0.479 e. The molecule has 1 heterocycles. The monoisotopic (exact) mass is 317 g/mol. The van der Waals surface area contributed by atoms with Crippen LogP contribution in [0.4, 0.5) is 0 Å². The molecule has 1 aromatic carbocycles. The maximum Gasteiger partial charge on any atom is 0.344 e. The van der Waals surface area contributed by atoms with Gasteiger partial charge in [-0.3, -0.25) is 9.58 Å². The average Bonchev–Trinajstić information content (AvgIpc) is 2.78. The number of aromatic nitrogens is 2. The topological polar surface area (TPSA) is 67.6 Å². The molecule has 0 fully saturated rings. The molecule has 0 spiro atoms. The first-order valence-electron chi connectivity index (χ1n) is 7.51. The van der Waals surface area contributed by atoms with E-state index in [4.69, 9.17) is 9.84 Å². The van der Waals surface area contributed by atoms with Gasteiger partial charge in [0.15, 0.2) is 6.10 Å². The zero-order chi connectivity index (χ0) is 17.0. The van der Waals surface area contributed by atoms with Crippen molar-refractivity contribution in [1.82, 2.24) is 14.7 Å². The van der Waals surface area contributed by atoms with E-state index >= 15 is 0 Å².